The van der Waals surface area contributed by atoms with Gasteiger partial charge < -0.3 is 4.42 Å². The number of thioether (sulfide) groups is 1. The van der Waals surface area contributed by atoms with E-state index in [-0.39, 0.29) is 0 Å². The average molecular weight is 242 g/mol. The number of furan rings is 1. The predicted octanol–water partition coefficient (Wildman–Crippen LogP) is 3.86. The Balaban J connectivity index is 1.74. The number of nitriles is 1. The van der Waals surface area contributed by atoms with Crippen LogP contribution in [0.2, 0.25) is 5.22 Å². The Kier molecular flexibility index (Phi) is 3.28. The molecule has 0 spiro atoms. The van der Waals surface area contributed by atoms with Crippen molar-refractivity contribution in [3.8, 4) is 6.07 Å². The molecule has 1 aliphatic carbocycles. The van der Waals surface area contributed by atoms with E-state index in [4.69, 9.17) is 21.3 Å². The molecule has 1 aliphatic rings. The molecule has 2 nitrogen and oxygen atoms in total. The fourth-order valence-electron chi connectivity index (χ4n) is 1.51. The van der Waals surface area contributed by atoms with Crippen molar-refractivity contribution in [3.63, 3.8) is 0 Å². The molecule has 0 saturated heterocycles. The molecule has 0 radical (unpaired) electrons. The van der Waals surface area contributed by atoms with Crippen molar-refractivity contribution in [2.45, 2.75) is 25.0 Å². The maximum atomic E-state index is 8.67. The first kappa shape index (κ1) is 10.9. The SMILES string of the molecule is N#CCC1(CSCc2ccc(Cl)o2)CC1. The molecule has 15 heavy (non-hydrogen) atoms. The van der Waals surface area contributed by atoms with Crippen molar-refractivity contribution in [3.05, 3.63) is 23.1 Å². The smallest absolute Gasteiger partial charge is 0.193 e. The van der Waals surface area contributed by atoms with Gasteiger partial charge in [0, 0.05) is 12.2 Å². The monoisotopic (exact) mass is 241 g/mol. The minimum atomic E-state index is 0.315. The normalized spacial score (nSPS) is 17.3. The molecule has 1 heterocycles. The Bertz CT molecular complexity index is 378. The molecule has 1 aromatic heterocycles. The third-order valence-corrected chi connectivity index (χ3v) is 4.20. The van der Waals surface area contributed by atoms with Gasteiger partial charge >= 0.3 is 0 Å². The zero-order valence-corrected chi connectivity index (χ0v) is 9.90. The van der Waals surface area contributed by atoms with Crippen LogP contribution in [0.5, 0.6) is 0 Å². The van der Waals surface area contributed by atoms with Gasteiger partial charge in [-0.3, -0.25) is 0 Å². The lowest BCUT2D eigenvalue weighted by Crippen LogP contribution is -2.02. The Labute approximate surface area is 98.6 Å². The van der Waals surface area contributed by atoms with Gasteiger partial charge in [0.15, 0.2) is 5.22 Å². The Morgan fingerprint density at radius 1 is 1.53 bits per heavy atom. The van der Waals surface area contributed by atoms with E-state index in [2.05, 4.69) is 6.07 Å². The molecule has 80 valence electrons. The summed E-state index contributed by atoms with van der Waals surface area (Å²) in [4.78, 5) is 0. The summed E-state index contributed by atoms with van der Waals surface area (Å²) in [6.45, 7) is 0. The topological polar surface area (TPSA) is 36.9 Å². The van der Waals surface area contributed by atoms with Crippen molar-refractivity contribution in [1.82, 2.24) is 0 Å². The Morgan fingerprint density at radius 3 is 2.87 bits per heavy atom. The molecule has 0 bridgehead atoms. The fourth-order valence-corrected chi connectivity index (χ4v) is 2.96. The van der Waals surface area contributed by atoms with Gasteiger partial charge in [0.2, 0.25) is 0 Å². The molecular formula is C11H12ClNOS. The standard InChI is InChI=1S/C11H12ClNOS/c12-10-2-1-9(14-10)7-15-8-11(3-4-11)5-6-13/h1-2H,3-5,7-8H2. The first-order chi connectivity index (χ1) is 7.24. The zero-order chi connectivity index (χ0) is 10.7. The van der Waals surface area contributed by atoms with Crippen LogP contribution in [0.3, 0.4) is 0 Å². The van der Waals surface area contributed by atoms with Crippen LogP contribution in [-0.2, 0) is 5.75 Å². The highest BCUT2D eigenvalue weighted by atomic mass is 35.5. The summed E-state index contributed by atoms with van der Waals surface area (Å²) in [6.07, 6.45) is 3.10. The molecule has 1 fully saturated rings. The minimum absolute atomic E-state index is 0.315. The van der Waals surface area contributed by atoms with Crippen LogP contribution in [0.15, 0.2) is 16.5 Å². The maximum Gasteiger partial charge on any atom is 0.193 e. The van der Waals surface area contributed by atoms with Gasteiger partial charge in [-0.2, -0.15) is 17.0 Å². The Morgan fingerprint density at radius 2 is 2.33 bits per heavy atom. The van der Waals surface area contributed by atoms with Gasteiger partial charge in [0.25, 0.3) is 0 Å². The number of rotatable bonds is 5. The number of halogens is 1. The van der Waals surface area contributed by atoms with Crippen LogP contribution in [-0.4, -0.2) is 5.75 Å². The summed E-state index contributed by atoms with van der Waals surface area (Å²) < 4.78 is 5.26. The van der Waals surface area contributed by atoms with Gasteiger partial charge in [-0.05, 0) is 42.0 Å². The van der Waals surface area contributed by atoms with Crippen LogP contribution >= 0.6 is 23.4 Å². The molecule has 1 aromatic rings. The number of nitrogens with zero attached hydrogens (tertiary/aromatic N) is 1. The van der Waals surface area contributed by atoms with Crippen molar-refractivity contribution in [2.75, 3.05) is 5.75 Å². The van der Waals surface area contributed by atoms with E-state index in [1.807, 2.05) is 17.8 Å². The molecule has 0 amide bonds. The molecule has 4 heteroatoms. The van der Waals surface area contributed by atoms with Crippen molar-refractivity contribution < 1.29 is 4.42 Å². The molecule has 0 unspecified atom stereocenters. The predicted molar refractivity (Wildman–Crippen MR) is 61.8 cm³/mol. The third kappa shape index (κ3) is 2.93. The van der Waals surface area contributed by atoms with Gasteiger partial charge in [-0.15, -0.1) is 0 Å². The highest BCUT2D eigenvalue weighted by Crippen LogP contribution is 2.51. The van der Waals surface area contributed by atoms with Crippen molar-refractivity contribution >= 4 is 23.4 Å². The van der Waals surface area contributed by atoms with E-state index in [1.165, 1.54) is 12.8 Å². The molecular weight excluding hydrogens is 230 g/mol. The lowest BCUT2D eigenvalue weighted by atomic mass is 10.1. The Hall–Kier alpha value is -0.590. The quantitative estimate of drug-likeness (QED) is 0.786. The summed E-state index contributed by atoms with van der Waals surface area (Å²) in [5, 5.41) is 9.11. The maximum absolute atomic E-state index is 8.67. The summed E-state index contributed by atoms with van der Waals surface area (Å²) >= 11 is 7.50. The minimum Gasteiger partial charge on any atom is -0.449 e. The number of hydrogen-bond acceptors (Lipinski definition) is 3. The molecule has 0 atom stereocenters. The van der Waals surface area contributed by atoms with Crippen LogP contribution < -0.4 is 0 Å². The summed E-state index contributed by atoms with van der Waals surface area (Å²) in [7, 11) is 0. The van der Waals surface area contributed by atoms with Crippen LogP contribution in [0.4, 0.5) is 0 Å². The number of hydrogen-bond donors (Lipinski definition) is 0. The molecule has 1 saturated carbocycles. The van der Waals surface area contributed by atoms with Gasteiger partial charge in [-0.25, -0.2) is 0 Å². The molecule has 2 rings (SSSR count). The van der Waals surface area contributed by atoms with E-state index >= 15 is 0 Å². The zero-order valence-electron chi connectivity index (χ0n) is 8.33. The second-order valence-electron chi connectivity index (χ2n) is 4.03. The van der Waals surface area contributed by atoms with Crippen LogP contribution in [0.25, 0.3) is 0 Å². The molecule has 0 N–H and O–H groups in total. The van der Waals surface area contributed by atoms with Gasteiger partial charge in [0.1, 0.15) is 5.76 Å². The second kappa shape index (κ2) is 4.51. The van der Waals surface area contributed by atoms with Crippen molar-refractivity contribution in [2.24, 2.45) is 5.41 Å². The average Bonchev–Trinajstić information content (AvgIpc) is 2.83. The highest BCUT2D eigenvalue weighted by Gasteiger charge is 2.41. The van der Waals surface area contributed by atoms with E-state index in [0.717, 1.165) is 17.3 Å². The lowest BCUT2D eigenvalue weighted by molar-refractivity contribution is 0.531. The summed E-state index contributed by atoms with van der Waals surface area (Å²) in [5.74, 6) is 2.82. The summed E-state index contributed by atoms with van der Waals surface area (Å²) in [6, 6.07) is 5.93. The van der Waals surface area contributed by atoms with Crippen molar-refractivity contribution in [1.29, 1.82) is 5.26 Å². The van der Waals surface area contributed by atoms with Crippen LogP contribution in [0, 0.1) is 16.7 Å². The van der Waals surface area contributed by atoms with E-state index in [9.17, 15) is 0 Å². The van der Waals surface area contributed by atoms with E-state index < -0.39 is 0 Å². The second-order valence-corrected chi connectivity index (χ2v) is 5.39. The largest absolute Gasteiger partial charge is 0.449 e. The van der Waals surface area contributed by atoms with Crippen LogP contribution in [0.1, 0.15) is 25.0 Å². The summed E-state index contributed by atoms with van der Waals surface area (Å²) in [5.41, 5.74) is 0.315. The van der Waals surface area contributed by atoms with Gasteiger partial charge in [-0.1, -0.05) is 0 Å². The third-order valence-electron chi connectivity index (χ3n) is 2.69. The molecule has 0 aliphatic heterocycles. The first-order valence-electron chi connectivity index (χ1n) is 4.93. The fraction of sp³-hybridized carbons (Fsp3) is 0.545. The van der Waals surface area contributed by atoms with E-state index in [1.54, 1.807) is 6.07 Å². The van der Waals surface area contributed by atoms with E-state index in [0.29, 0.717) is 17.1 Å². The lowest BCUT2D eigenvalue weighted by Gasteiger charge is -2.08. The van der Waals surface area contributed by atoms with Gasteiger partial charge in [0.05, 0.1) is 11.8 Å². The first-order valence-corrected chi connectivity index (χ1v) is 6.46. The molecule has 0 aromatic carbocycles. The highest BCUT2D eigenvalue weighted by molar-refractivity contribution is 7.98.